The van der Waals surface area contributed by atoms with E-state index in [1.165, 1.54) is 0 Å². The van der Waals surface area contributed by atoms with Gasteiger partial charge in [0.1, 0.15) is 5.76 Å². The van der Waals surface area contributed by atoms with Gasteiger partial charge in [-0.25, -0.2) is 0 Å². The highest BCUT2D eigenvalue weighted by Gasteiger charge is 2.21. The normalized spacial score (nSPS) is 12.7. The number of halogens is 3. The first-order valence-electron chi connectivity index (χ1n) is 4.99. The van der Waals surface area contributed by atoms with Gasteiger partial charge in [-0.05, 0) is 40.7 Å². The maximum Gasteiger partial charge on any atom is 0.139 e. The van der Waals surface area contributed by atoms with E-state index in [2.05, 4.69) is 21.2 Å². The average Bonchev–Trinajstić information content (AvgIpc) is 2.72. The van der Waals surface area contributed by atoms with Gasteiger partial charge in [0, 0.05) is 0 Å². The van der Waals surface area contributed by atoms with Crippen molar-refractivity contribution in [2.24, 2.45) is 0 Å². The summed E-state index contributed by atoms with van der Waals surface area (Å²) >= 11 is 15.7. The first kappa shape index (κ1) is 13.0. The topological polar surface area (TPSA) is 25.2 Å². The third-order valence-corrected chi connectivity index (χ3v) is 3.98. The van der Waals surface area contributed by atoms with E-state index in [9.17, 15) is 0 Å². The van der Waals surface area contributed by atoms with Crippen molar-refractivity contribution < 1.29 is 4.42 Å². The molecule has 1 atom stereocenters. The minimum atomic E-state index is -0.134. The summed E-state index contributed by atoms with van der Waals surface area (Å²) in [6.45, 7) is 0. The summed E-state index contributed by atoms with van der Waals surface area (Å²) in [6, 6.07) is 7.26. The second kappa shape index (κ2) is 5.44. The van der Waals surface area contributed by atoms with Crippen molar-refractivity contribution in [2.75, 3.05) is 7.05 Å². The first-order chi connectivity index (χ1) is 8.15. The number of hydrogen-bond donors (Lipinski definition) is 1. The Morgan fingerprint density at radius 1 is 1.29 bits per heavy atom. The van der Waals surface area contributed by atoms with Gasteiger partial charge < -0.3 is 9.73 Å². The Morgan fingerprint density at radius 2 is 2.06 bits per heavy atom. The third-order valence-electron chi connectivity index (χ3n) is 2.49. The molecule has 0 aliphatic carbocycles. The molecule has 2 rings (SSSR count). The van der Waals surface area contributed by atoms with Gasteiger partial charge in [0.25, 0.3) is 0 Å². The lowest BCUT2D eigenvalue weighted by Crippen LogP contribution is -2.17. The van der Waals surface area contributed by atoms with E-state index in [0.717, 1.165) is 15.8 Å². The molecule has 0 bridgehead atoms. The minimum absolute atomic E-state index is 0.134. The SMILES string of the molecule is CNC(c1cccc(Cl)c1Cl)c1occc1Br. The first-order valence-corrected chi connectivity index (χ1v) is 6.54. The van der Waals surface area contributed by atoms with Crippen LogP contribution in [0.2, 0.25) is 10.0 Å². The van der Waals surface area contributed by atoms with Crippen molar-refractivity contribution in [3.63, 3.8) is 0 Å². The van der Waals surface area contributed by atoms with E-state index < -0.39 is 0 Å². The van der Waals surface area contributed by atoms with E-state index in [0.29, 0.717) is 10.0 Å². The van der Waals surface area contributed by atoms with E-state index >= 15 is 0 Å². The van der Waals surface area contributed by atoms with Gasteiger partial charge in [0.2, 0.25) is 0 Å². The Balaban J connectivity index is 2.50. The number of nitrogens with one attached hydrogen (secondary N) is 1. The summed E-state index contributed by atoms with van der Waals surface area (Å²) in [5.41, 5.74) is 0.886. The summed E-state index contributed by atoms with van der Waals surface area (Å²) < 4.78 is 6.35. The zero-order valence-corrected chi connectivity index (χ0v) is 12.1. The zero-order valence-electron chi connectivity index (χ0n) is 9.01. The lowest BCUT2D eigenvalue weighted by atomic mass is 10.0. The maximum absolute atomic E-state index is 6.21. The van der Waals surface area contributed by atoms with E-state index in [-0.39, 0.29) is 6.04 Å². The number of hydrogen-bond acceptors (Lipinski definition) is 2. The molecular weight excluding hydrogens is 325 g/mol. The Labute approximate surface area is 118 Å². The fraction of sp³-hybridized carbons (Fsp3) is 0.167. The molecule has 1 heterocycles. The van der Waals surface area contributed by atoms with Crippen molar-refractivity contribution in [3.05, 3.63) is 56.4 Å². The Kier molecular flexibility index (Phi) is 4.15. The van der Waals surface area contributed by atoms with Crippen LogP contribution in [0.5, 0.6) is 0 Å². The van der Waals surface area contributed by atoms with Gasteiger partial charge in [0.05, 0.1) is 26.8 Å². The second-order valence-electron chi connectivity index (χ2n) is 3.50. The molecule has 1 aromatic carbocycles. The van der Waals surface area contributed by atoms with Gasteiger partial charge in [-0.15, -0.1) is 0 Å². The van der Waals surface area contributed by atoms with E-state index in [1.54, 1.807) is 12.3 Å². The van der Waals surface area contributed by atoms with Crippen molar-refractivity contribution in [2.45, 2.75) is 6.04 Å². The predicted molar refractivity (Wildman–Crippen MR) is 73.8 cm³/mol. The minimum Gasteiger partial charge on any atom is -0.466 e. The molecule has 5 heteroatoms. The lowest BCUT2D eigenvalue weighted by molar-refractivity contribution is 0.461. The molecule has 0 aliphatic heterocycles. The molecule has 0 aliphatic rings. The van der Waals surface area contributed by atoms with Crippen LogP contribution >= 0.6 is 39.1 Å². The van der Waals surface area contributed by atoms with Crippen LogP contribution in [0, 0.1) is 0 Å². The summed E-state index contributed by atoms with van der Waals surface area (Å²) in [7, 11) is 1.84. The molecule has 2 aromatic rings. The van der Waals surface area contributed by atoms with Crippen LogP contribution in [0.25, 0.3) is 0 Å². The summed E-state index contributed by atoms with van der Waals surface area (Å²) in [4.78, 5) is 0. The van der Waals surface area contributed by atoms with Crippen LogP contribution in [0.1, 0.15) is 17.4 Å². The highest BCUT2D eigenvalue weighted by Crippen LogP contribution is 2.35. The summed E-state index contributed by atoms with van der Waals surface area (Å²) in [5, 5.41) is 4.24. The molecule has 0 saturated carbocycles. The largest absolute Gasteiger partial charge is 0.466 e. The van der Waals surface area contributed by atoms with Crippen molar-refractivity contribution in [1.82, 2.24) is 5.32 Å². The fourth-order valence-electron chi connectivity index (χ4n) is 1.68. The van der Waals surface area contributed by atoms with Gasteiger partial charge in [0.15, 0.2) is 0 Å². The Bertz CT molecular complexity index is 527. The highest BCUT2D eigenvalue weighted by molar-refractivity contribution is 9.10. The molecule has 1 N–H and O–H groups in total. The highest BCUT2D eigenvalue weighted by atomic mass is 79.9. The molecule has 2 nitrogen and oxygen atoms in total. The van der Waals surface area contributed by atoms with Crippen LogP contribution in [0.4, 0.5) is 0 Å². The van der Waals surface area contributed by atoms with E-state index in [4.69, 9.17) is 27.6 Å². The number of rotatable bonds is 3. The molecule has 0 amide bonds. The maximum atomic E-state index is 6.21. The van der Waals surface area contributed by atoms with Crippen LogP contribution in [-0.2, 0) is 0 Å². The van der Waals surface area contributed by atoms with Crippen LogP contribution < -0.4 is 5.32 Å². The quantitative estimate of drug-likeness (QED) is 0.883. The standard InChI is InChI=1S/C12H10BrCl2NO/c1-16-11(12-8(13)5-6-17-12)7-3-2-4-9(14)10(7)15/h2-6,11,16H,1H3. The Morgan fingerprint density at radius 3 is 2.65 bits per heavy atom. The van der Waals surface area contributed by atoms with Crippen molar-refractivity contribution in [1.29, 1.82) is 0 Å². The predicted octanol–water partition coefficient (Wildman–Crippen LogP) is 4.66. The number of benzene rings is 1. The summed E-state index contributed by atoms with van der Waals surface area (Å²) in [6.07, 6.45) is 1.63. The molecule has 0 fully saturated rings. The molecule has 1 unspecified atom stereocenters. The molecule has 0 spiro atoms. The van der Waals surface area contributed by atoms with Crippen LogP contribution in [0.15, 0.2) is 39.4 Å². The summed E-state index contributed by atoms with van der Waals surface area (Å²) in [5.74, 6) is 0.775. The molecule has 17 heavy (non-hydrogen) atoms. The van der Waals surface area contributed by atoms with Crippen molar-refractivity contribution in [3.8, 4) is 0 Å². The second-order valence-corrected chi connectivity index (χ2v) is 5.14. The molecule has 1 aromatic heterocycles. The molecule has 90 valence electrons. The fourth-order valence-corrected chi connectivity index (χ4v) is 2.53. The smallest absolute Gasteiger partial charge is 0.139 e. The lowest BCUT2D eigenvalue weighted by Gasteiger charge is -2.16. The zero-order chi connectivity index (χ0) is 12.4. The van der Waals surface area contributed by atoms with Gasteiger partial charge in [-0.2, -0.15) is 0 Å². The Hall–Kier alpha value is -0.480. The van der Waals surface area contributed by atoms with Crippen molar-refractivity contribution >= 4 is 39.1 Å². The monoisotopic (exact) mass is 333 g/mol. The van der Waals surface area contributed by atoms with Crippen LogP contribution in [0.3, 0.4) is 0 Å². The van der Waals surface area contributed by atoms with Gasteiger partial charge in [-0.1, -0.05) is 35.3 Å². The van der Waals surface area contributed by atoms with E-state index in [1.807, 2.05) is 25.2 Å². The third kappa shape index (κ3) is 2.52. The van der Waals surface area contributed by atoms with Crippen LogP contribution in [-0.4, -0.2) is 7.05 Å². The van der Waals surface area contributed by atoms with Gasteiger partial charge >= 0.3 is 0 Å². The molecule has 0 radical (unpaired) electrons. The average molecular weight is 335 g/mol. The number of furan rings is 1. The molecule has 0 saturated heterocycles. The molecular formula is C12H10BrCl2NO. The van der Waals surface area contributed by atoms with Gasteiger partial charge in [-0.3, -0.25) is 0 Å².